The third-order valence-electron chi connectivity index (χ3n) is 3.61. The van der Waals surface area contributed by atoms with Gasteiger partial charge in [-0.1, -0.05) is 30.3 Å². The largest absolute Gasteiger partial charge is 0.497 e. The Bertz CT molecular complexity index is 721. The second-order valence-corrected chi connectivity index (χ2v) is 6.10. The Balaban J connectivity index is 1.85. The Labute approximate surface area is 139 Å². The van der Waals surface area contributed by atoms with Gasteiger partial charge in [-0.15, -0.1) is 11.8 Å². The van der Waals surface area contributed by atoms with Crippen LogP contribution < -0.4 is 9.47 Å². The Morgan fingerprint density at radius 3 is 2.35 bits per heavy atom. The van der Waals surface area contributed by atoms with Crippen molar-refractivity contribution in [2.24, 2.45) is 4.99 Å². The zero-order valence-electron chi connectivity index (χ0n) is 13.0. The third kappa shape index (κ3) is 3.40. The summed E-state index contributed by atoms with van der Waals surface area (Å²) >= 11 is 1.61. The number of hydrogen-bond donors (Lipinski definition) is 0. The molecule has 0 spiro atoms. The van der Waals surface area contributed by atoms with E-state index in [1.54, 1.807) is 44.2 Å². The molecule has 0 aliphatic carbocycles. The fraction of sp³-hybridized carbons (Fsp3) is 0.222. The molecular weight excluding hydrogens is 310 g/mol. The average Bonchev–Trinajstić information content (AvgIpc) is 3.11. The molecular formula is C18H17NO3S. The summed E-state index contributed by atoms with van der Waals surface area (Å²) in [5.74, 6) is 1.85. The molecule has 4 nitrogen and oxygen atoms in total. The number of carbonyl (C=O) groups excluding carboxylic acids is 1. The van der Waals surface area contributed by atoms with Gasteiger partial charge in [-0.3, -0.25) is 9.79 Å². The molecule has 0 saturated carbocycles. The summed E-state index contributed by atoms with van der Waals surface area (Å²) in [5.41, 5.74) is 1.61. The van der Waals surface area contributed by atoms with Crippen LogP contribution in [0.2, 0.25) is 0 Å². The van der Waals surface area contributed by atoms with Gasteiger partial charge in [0.1, 0.15) is 17.5 Å². The monoisotopic (exact) mass is 327 g/mol. The lowest BCUT2D eigenvalue weighted by molar-refractivity contribution is 0.0971. The van der Waals surface area contributed by atoms with Gasteiger partial charge in [-0.2, -0.15) is 0 Å². The van der Waals surface area contributed by atoms with E-state index in [1.807, 2.05) is 30.3 Å². The maximum atomic E-state index is 12.7. The molecule has 2 aromatic rings. The number of Topliss-reactive ketones (excluding diaryl/α,β-unsaturated/α-hetero) is 1. The lowest BCUT2D eigenvalue weighted by atomic mass is 10.0. The number of thioether (sulfide) groups is 1. The maximum Gasteiger partial charge on any atom is 0.188 e. The second-order valence-electron chi connectivity index (χ2n) is 5.09. The number of carbonyl (C=O) groups is 1. The summed E-state index contributed by atoms with van der Waals surface area (Å²) in [4.78, 5) is 17.3. The van der Waals surface area contributed by atoms with Crippen molar-refractivity contribution < 1.29 is 14.3 Å². The molecule has 3 rings (SSSR count). The summed E-state index contributed by atoms with van der Waals surface area (Å²) in [6, 6.07) is 14.8. The minimum Gasteiger partial charge on any atom is -0.497 e. The zero-order chi connectivity index (χ0) is 16.2. The van der Waals surface area contributed by atoms with E-state index in [1.165, 1.54) is 0 Å². The van der Waals surface area contributed by atoms with Crippen LogP contribution in [0.15, 0.2) is 53.5 Å². The van der Waals surface area contributed by atoms with E-state index in [-0.39, 0.29) is 11.8 Å². The van der Waals surface area contributed by atoms with E-state index >= 15 is 0 Å². The number of ether oxygens (including phenoxy) is 2. The first-order valence-electron chi connectivity index (χ1n) is 7.24. The van der Waals surface area contributed by atoms with Gasteiger partial charge in [0, 0.05) is 22.9 Å². The molecule has 1 heterocycles. The number of nitrogens with zero attached hydrogens (tertiary/aromatic N) is 1. The van der Waals surface area contributed by atoms with Gasteiger partial charge in [0.05, 0.1) is 19.3 Å². The summed E-state index contributed by atoms with van der Waals surface area (Å²) in [6.45, 7) is 0. The minimum atomic E-state index is -0.369. The Hall–Kier alpha value is -2.27. The van der Waals surface area contributed by atoms with Crippen molar-refractivity contribution in [2.75, 3.05) is 20.0 Å². The zero-order valence-corrected chi connectivity index (χ0v) is 13.8. The van der Waals surface area contributed by atoms with Crippen molar-refractivity contribution >= 4 is 22.6 Å². The number of aliphatic imine (C=N–C) groups is 1. The number of methoxy groups -OCH3 is 2. The van der Waals surface area contributed by atoms with Crippen LogP contribution in [-0.2, 0) is 0 Å². The number of hydrogen-bond acceptors (Lipinski definition) is 5. The normalized spacial score (nSPS) is 16.8. The molecule has 2 aromatic carbocycles. The summed E-state index contributed by atoms with van der Waals surface area (Å²) in [6.07, 6.45) is 0. The highest BCUT2D eigenvalue weighted by Crippen LogP contribution is 2.28. The van der Waals surface area contributed by atoms with Crippen LogP contribution in [-0.4, -0.2) is 36.8 Å². The Kier molecular flexibility index (Phi) is 4.67. The van der Waals surface area contributed by atoms with E-state index < -0.39 is 0 Å². The van der Waals surface area contributed by atoms with Gasteiger partial charge >= 0.3 is 0 Å². The molecule has 0 fully saturated rings. The van der Waals surface area contributed by atoms with Crippen LogP contribution in [0.25, 0.3) is 0 Å². The first kappa shape index (κ1) is 15.6. The van der Waals surface area contributed by atoms with Gasteiger partial charge in [0.2, 0.25) is 0 Å². The highest BCUT2D eigenvalue weighted by atomic mass is 32.2. The standard InChI is InChI=1S/C18H17NO3S/c1-21-14-8-13(9-15(10-14)22-2)17(20)16-11-23-18(19-16)12-6-4-3-5-7-12/h3-10,16H,11H2,1-2H3. The molecule has 0 bridgehead atoms. The van der Waals surface area contributed by atoms with Gasteiger partial charge in [0.25, 0.3) is 0 Å². The van der Waals surface area contributed by atoms with Crippen molar-refractivity contribution in [3.05, 3.63) is 59.7 Å². The molecule has 0 radical (unpaired) electrons. The molecule has 0 saturated heterocycles. The lowest BCUT2D eigenvalue weighted by Crippen LogP contribution is -2.19. The van der Waals surface area contributed by atoms with Crippen LogP contribution in [0, 0.1) is 0 Å². The molecule has 1 unspecified atom stereocenters. The van der Waals surface area contributed by atoms with E-state index in [2.05, 4.69) is 4.99 Å². The van der Waals surface area contributed by atoms with Crippen LogP contribution in [0.1, 0.15) is 15.9 Å². The fourth-order valence-corrected chi connectivity index (χ4v) is 3.44. The van der Waals surface area contributed by atoms with E-state index in [9.17, 15) is 4.79 Å². The summed E-state index contributed by atoms with van der Waals surface area (Å²) < 4.78 is 10.5. The van der Waals surface area contributed by atoms with E-state index in [0.29, 0.717) is 22.8 Å². The third-order valence-corrected chi connectivity index (χ3v) is 4.71. The minimum absolute atomic E-state index is 0.0133. The molecule has 0 N–H and O–H groups in total. The van der Waals surface area contributed by atoms with Crippen LogP contribution in [0.4, 0.5) is 0 Å². The predicted molar refractivity (Wildman–Crippen MR) is 93.1 cm³/mol. The van der Waals surface area contributed by atoms with Crippen LogP contribution in [0.5, 0.6) is 11.5 Å². The van der Waals surface area contributed by atoms with Crippen molar-refractivity contribution in [1.82, 2.24) is 0 Å². The molecule has 118 valence electrons. The Morgan fingerprint density at radius 2 is 1.74 bits per heavy atom. The molecule has 1 aliphatic rings. The second kappa shape index (κ2) is 6.87. The smallest absolute Gasteiger partial charge is 0.188 e. The van der Waals surface area contributed by atoms with Crippen LogP contribution in [0.3, 0.4) is 0 Å². The number of benzene rings is 2. The summed E-state index contributed by atoms with van der Waals surface area (Å²) in [7, 11) is 3.14. The van der Waals surface area contributed by atoms with Crippen molar-refractivity contribution in [1.29, 1.82) is 0 Å². The van der Waals surface area contributed by atoms with Gasteiger partial charge in [0.15, 0.2) is 5.78 Å². The molecule has 23 heavy (non-hydrogen) atoms. The molecule has 1 atom stereocenters. The topological polar surface area (TPSA) is 47.9 Å². The molecule has 5 heteroatoms. The van der Waals surface area contributed by atoms with E-state index in [0.717, 1.165) is 10.6 Å². The summed E-state index contributed by atoms with van der Waals surface area (Å²) in [5, 5.41) is 0.916. The maximum absolute atomic E-state index is 12.7. The molecule has 0 aromatic heterocycles. The predicted octanol–water partition coefficient (Wildman–Crippen LogP) is 3.45. The fourth-order valence-electron chi connectivity index (χ4n) is 2.39. The number of ketones is 1. The first-order valence-corrected chi connectivity index (χ1v) is 8.23. The molecule has 0 amide bonds. The molecule has 1 aliphatic heterocycles. The quantitative estimate of drug-likeness (QED) is 0.789. The van der Waals surface area contributed by atoms with Crippen LogP contribution >= 0.6 is 11.8 Å². The highest BCUT2D eigenvalue weighted by Gasteiger charge is 2.27. The van der Waals surface area contributed by atoms with Crippen molar-refractivity contribution in [3.8, 4) is 11.5 Å². The average molecular weight is 327 g/mol. The van der Waals surface area contributed by atoms with Gasteiger partial charge in [-0.05, 0) is 12.1 Å². The van der Waals surface area contributed by atoms with Gasteiger partial charge < -0.3 is 9.47 Å². The van der Waals surface area contributed by atoms with E-state index in [4.69, 9.17) is 9.47 Å². The lowest BCUT2D eigenvalue weighted by Gasteiger charge is -2.09. The first-order chi connectivity index (χ1) is 11.2. The Morgan fingerprint density at radius 1 is 1.09 bits per heavy atom. The van der Waals surface area contributed by atoms with Crippen molar-refractivity contribution in [3.63, 3.8) is 0 Å². The number of rotatable bonds is 5. The highest BCUT2D eigenvalue weighted by molar-refractivity contribution is 8.14. The van der Waals surface area contributed by atoms with Gasteiger partial charge in [-0.25, -0.2) is 0 Å². The van der Waals surface area contributed by atoms with Crippen molar-refractivity contribution in [2.45, 2.75) is 6.04 Å². The SMILES string of the molecule is COc1cc(OC)cc(C(=O)C2CSC(c3ccccc3)=N2)c1.